The molecular weight excluding hydrogens is 380 g/mol. The number of rotatable bonds is 4. The fraction of sp³-hybridized carbons (Fsp3) is 0.300. The van der Waals surface area contributed by atoms with E-state index in [4.69, 9.17) is 0 Å². The molecule has 0 atom stereocenters. The van der Waals surface area contributed by atoms with Crippen LogP contribution in [-0.2, 0) is 11.2 Å². The number of benzene rings is 2. The maximum atomic E-state index is 12.4. The van der Waals surface area contributed by atoms with E-state index in [1.165, 1.54) is 0 Å². The number of amides is 2. The van der Waals surface area contributed by atoms with E-state index in [2.05, 4.69) is 35.1 Å². The van der Waals surface area contributed by atoms with Gasteiger partial charge in [0.1, 0.15) is 0 Å². The highest BCUT2D eigenvalue weighted by atomic mass is 79.9. The summed E-state index contributed by atoms with van der Waals surface area (Å²) in [5, 5.41) is 2.94. The first kappa shape index (κ1) is 17.7. The Hall–Kier alpha value is -2.14. The standard InChI is InChI=1S/C20H21BrN2O2/c1-13(2)12-23-18-8-7-17(11-14(18)6-9-19(23)24)22-20(25)15-4-3-5-16(21)10-15/h3-5,7-8,10-11,13H,6,9,12H2,1-2H3,(H,22,25). The van der Waals surface area contributed by atoms with Crippen LogP contribution in [0.25, 0.3) is 0 Å². The first-order valence-electron chi connectivity index (χ1n) is 8.44. The van der Waals surface area contributed by atoms with Gasteiger partial charge in [0.25, 0.3) is 5.91 Å². The summed E-state index contributed by atoms with van der Waals surface area (Å²) in [7, 11) is 0. The SMILES string of the molecule is CC(C)CN1C(=O)CCc2cc(NC(=O)c3cccc(Br)c3)ccc21. The van der Waals surface area contributed by atoms with Gasteiger partial charge in [0.05, 0.1) is 0 Å². The van der Waals surface area contributed by atoms with Crippen LogP contribution in [0, 0.1) is 5.92 Å². The molecule has 0 saturated carbocycles. The molecule has 1 N–H and O–H groups in total. The Bertz CT molecular complexity index is 817. The maximum absolute atomic E-state index is 12.4. The monoisotopic (exact) mass is 400 g/mol. The number of fused-ring (bicyclic) bond motifs is 1. The molecule has 0 radical (unpaired) electrons. The van der Waals surface area contributed by atoms with Gasteiger partial charge >= 0.3 is 0 Å². The van der Waals surface area contributed by atoms with E-state index >= 15 is 0 Å². The van der Waals surface area contributed by atoms with Crippen LogP contribution in [0.2, 0.25) is 0 Å². The smallest absolute Gasteiger partial charge is 0.255 e. The molecule has 25 heavy (non-hydrogen) atoms. The minimum Gasteiger partial charge on any atom is -0.322 e. The summed E-state index contributed by atoms with van der Waals surface area (Å²) in [5.41, 5.74) is 3.42. The Morgan fingerprint density at radius 3 is 2.72 bits per heavy atom. The number of nitrogens with zero attached hydrogens (tertiary/aromatic N) is 1. The van der Waals surface area contributed by atoms with Crippen molar-refractivity contribution in [3.05, 3.63) is 58.1 Å². The number of hydrogen-bond donors (Lipinski definition) is 1. The van der Waals surface area contributed by atoms with Crippen LogP contribution in [0.4, 0.5) is 11.4 Å². The van der Waals surface area contributed by atoms with Crippen LogP contribution < -0.4 is 10.2 Å². The van der Waals surface area contributed by atoms with Crippen LogP contribution in [0.15, 0.2) is 46.9 Å². The van der Waals surface area contributed by atoms with Crippen LogP contribution in [0.3, 0.4) is 0 Å². The van der Waals surface area contributed by atoms with Gasteiger partial charge in [-0.1, -0.05) is 35.8 Å². The number of anilines is 2. The van der Waals surface area contributed by atoms with Crippen molar-refractivity contribution in [3.8, 4) is 0 Å². The molecule has 130 valence electrons. The molecule has 1 heterocycles. The molecule has 0 saturated heterocycles. The summed E-state index contributed by atoms with van der Waals surface area (Å²) >= 11 is 3.38. The van der Waals surface area contributed by atoms with Crippen molar-refractivity contribution >= 4 is 39.1 Å². The number of halogens is 1. The van der Waals surface area contributed by atoms with Gasteiger partial charge in [0, 0.05) is 34.4 Å². The minimum absolute atomic E-state index is 0.146. The summed E-state index contributed by atoms with van der Waals surface area (Å²) in [6.45, 7) is 4.93. The Morgan fingerprint density at radius 2 is 2.00 bits per heavy atom. The largest absolute Gasteiger partial charge is 0.322 e. The molecule has 3 rings (SSSR count). The van der Waals surface area contributed by atoms with Crippen LogP contribution in [-0.4, -0.2) is 18.4 Å². The molecule has 1 aliphatic heterocycles. The fourth-order valence-corrected chi connectivity index (χ4v) is 3.44. The Morgan fingerprint density at radius 1 is 1.20 bits per heavy atom. The lowest BCUT2D eigenvalue weighted by atomic mass is 9.99. The third-order valence-corrected chi connectivity index (χ3v) is 4.67. The summed E-state index contributed by atoms with van der Waals surface area (Å²) in [6.07, 6.45) is 1.23. The second kappa shape index (κ2) is 7.40. The predicted molar refractivity (Wildman–Crippen MR) is 104 cm³/mol. The molecule has 0 spiro atoms. The number of nitrogens with one attached hydrogen (secondary N) is 1. The normalized spacial score (nSPS) is 13.8. The summed E-state index contributed by atoms with van der Waals surface area (Å²) < 4.78 is 0.869. The van der Waals surface area contributed by atoms with Crippen molar-refractivity contribution in [2.45, 2.75) is 26.7 Å². The van der Waals surface area contributed by atoms with E-state index in [-0.39, 0.29) is 11.8 Å². The van der Waals surface area contributed by atoms with Crippen LogP contribution in [0.1, 0.15) is 36.2 Å². The highest BCUT2D eigenvalue weighted by Gasteiger charge is 2.25. The van der Waals surface area contributed by atoms with Crippen molar-refractivity contribution in [1.82, 2.24) is 0 Å². The fourth-order valence-electron chi connectivity index (χ4n) is 3.04. The van der Waals surface area contributed by atoms with Gasteiger partial charge in [-0.25, -0.2) is 0 Å². The molecule has 2 aromatic carbocycles. The number of aryl methyl sites for hydroxylation is 1. The molecule has 1 aliphatic rings. The Balaban J connectivity index is 1.81. The van der Waals surface area contributed by atoms with Crippen molar-refractivity contribution in [1.29, 1.82) is 0 Å². The third-order valence-electron chi connectivity index (χ3n) is 4.17. The topological polar surface area (TPSA) is 49.4 Å². The van der Waals surface area contributed by atoms with Gasteiger partial charge in [-0.3, -0.25) is 9.59 Å². The molecule has 4 nitrogen and oxygen atoms in total. The zero-order chi connectivity index (χ0) is 18.0. The molecule has 0 bridgehead atoms. The second-order valence-corrected chi connectivity index (χ2v) is 7.62. The molecular formula is C20H21BrN2O2. The van der Waals surface area contributed by atoms with E-state index < -0.39 is 0 Å². The van der Waals surface area contributed by atoms with Gasteiger partial charge in [0.15, 0.2) is 0 Å². The zero-order valence-electron chi connectivity index (χ0n) is 14.4. The van der Waals surface area contributed by atoms with Crippen LogP contribution >= 0.6 is 15.9 Å². The van der Waals surface area contributed by atoms with E-state index in [0.29, 0.717) is 24.3 Å². The third kappa shape index (κ3) is 4.10. The summed E-state index contributed by atoms with van der Waals surface area (Å²) in [5.74, 6) is 0.435. The summed E-state index contributed by atoms with van der Waals surface area (Å²) in [4.78, 5) is 26.5. The highest BCUT2D eigenvalue weighted by molar-refractivity contribution is 9.10. The molecule has 0 fully saturated rings. The van der Waals surface area contributed by atoms with Gasteiger partial charge in [-0.2, -0.15) is 0 Å². The van der Waals surface area contributed by atoms with Gasteiger partial charge in [-0.05, 0) is 54.3 Å². The van der Waals surface area contributed by atoms with Crippen molar-refractivity contribution < 1.29 is 9.59 Å². The lowest BCUT2D eigenvalue weighted by molar-refractivity contribution is -0.119. The molecule has 2 amide bonds. The van der Waals surface area contributed by atoms with E-state index in [0.717, 1.165) is 28.0 Å². The van der Waals surface area contributed by atoms with Gasteiger partial charge in [0.2, 0.25) is 5.91 Å². The van der Waals surface area contributed by atoms with E-state index in [1.807, 2.05) is 35.2 Å². The number of carbonyl (C=O) groups is 2. The van der Waals surface area contributed by atoms with Crippen LogP contribution in [0.5, 0.6) is 0 Å². The Kier molecular flexibility index (Phi) is 5.23. The lowest BCUT2D eigenvalue weighted by Gasteiger charge is -2.31. The molecule has 0 aromatic heterocycles. The lowest BCUT2D eigenvalue weighted by Crippen LogP contribution is -2.37. The predicted octanol–water partition coefficient (Wildman–Crippen LogP) is 4.64. The van der Waals surface area contributed by atoms with Gasteiger partial charge in [-0.15, -0.1) is 0 Å². The zero-order valence-corrected chi connectivity index (χ0v) is 16.0. The average Bonchev–Trinajstić information content (AvgIpc) is 2.57. The molecule has 0 unspecified atom stereocenters. The molecule has 5 heteroatoms. The van der Waals surface area contributed by atoms with Crippen molar-refractivity contribution in [2.75, 3.05) is 16.8 Å². The maximum Gasteiger partial charge on any atom is 0.255 e. The van der Waals surface area contributed by atoms with Crippen molar-refractivity contribution in [2.24, 2.45) is 5.92 Å². The second-order valence-electron chi connectivity index (χ2n) is 6.71. The quantitative estimate of drug-likeness (QED) is 0.812. The minimum atomic E-state index is -0.146. The average molecular weight is 401 g/mol. The first-order valence-corrected chi connectivity index (χ1v) is 9.23. The van der Waals surface area contributed by atoms with E-state index in [1.54, 1.807) is 12.1 Å². The Labute approximate surface area is 156 Å². The molecule has 2 aromatic rings. The first-order chi connectivity index (χ1) is 11.9. The van der Waals surface area contributed by atoms with Gasteiger partial charge < -0.3 is 10.2 Å². The van der Waals surface area contributed by atoms with Crippen molar-refractivity contribution in [3.63, 3.8) is 0 Å². The number of hydrogen-bond acceptors (Lipinski definition) is 2. The summed E-state index contributed by atoms with van der Waals surface area (Å²) in [6, 6.07) is 13.1. The molecule has 0 aliphatic carbocycles. The highest BCUT2D eigenvalue weighted by Crippen LogP contribution is 2.31. The number of carbonyl (C=O) groups excluding carboxylic acids is 2. The van der Waals surface area contributed by atoms with E-state index in [9.17, 15) is 9.59 Å².